The van der Waals surface area contributed by atoms with Gasteiger partial charge in [-0.25, -0.2) is 0 Å². The van der Waals surface area contributed by atoms with Gasteiger partial charge in [-0.3, -0.25) is 9.97 Å². The lowest BCUT2D eigenvalue weighted by Gasteiger charge is -2.28. The highest BCUT2D eigenvalue weighted by atomic mass is 16.5. The predicted octanol–water partition coefficient (Wildman–Crippen LogP) is 15.9. The van der Waals surface area contributed by atoms with E-state index in [9.17, 15) is 0 Å². The van der Waals surface area contributed by atoms with Crippen LogP contribution < -0.4 is 4.74 Å². The van der Waals surface area contributed by atoms with Crippen molar-refractivity contribution < 1.29 is 4.74 Å². The standard InChI is InChI=1S/C30H45N.C24H33NO/c1-3-5-6-7-8-9-11-26-18-21-29(22-19-26)30-23-20-28(24-31-30)17-16-27-14-12-25(10-4-2)13-15-27;1-3-5-19-6-8-20(9-7-19)10-11-21-12-17-24(25-18-21)22-13-15-23(16-14-22)26-4-2/h18-25,27H,3-17H2,1-2H3;12-20H,3-11H2,1-2H3. The van der Waals surface area contributed by atoms with Gasteiger partial charge in [-0.1, -0.05) is 166 Å². The Labute approximate surface area is 349 Å². The van der Waals surface area contributed by atoms with Gasteiger partial charge in [-0.15, -0.1) is 0 Å². The topological polar surface area (TPSA) is 35.0 Å². The van der Waals surface area contributed by atoms with Gasteiger partial charge in [0.05, 0.1) is 18.0 Å². The first-order valence-corrected chi connectivity index (χ1v) is 23.8. The molecule has 0 radical (unpaired) electrons. The Hall–Kier alpha value is -3.46. The van der Waals surface area contributed by atoms with Crippen molar-refractivity contribution in [1.29, 1.82) is 0 Å². The molecule has 0 atom stereocenters. The maximum atomic E-state index is 5.51. The minimum absolute atomic E-state index is 0.701. The molecular formula is C54H78N2O. The van der Waals surface area contributed by atoms with Crippen LogP contribution in [0, 0.1) is 23.7 Å². The number of hydrogen-bond donors (Lipinski definition) is 0. The number of benzene rings is 2. The quantitative estimate of drug-likeness (QED) is 0.0792. The van der Waals surface area contributed by atoms with E-state index in [-0.39, 0.29) is 0 Å². The molecule has 2 aromatic heterocycles. The molecule has 2 heterocycles. The van der Waals surface area contributed by atoms with Crippen LogP contribution in [0.4, 0.5) is 0 Å². The van der Waals surface area contributed by atoms with E-state index >= 15 is 0 Å². The minimum Gasteiger partial charge on any atom is -0.494 e. The average molecular weight is 771 g/mol. The highest BCUT2D eigenvalue weighted by Gasteiger charge is 2.21. The number of ether oxygens (including phenoxy) is 1. The van der Waals surface area contributed by atoms with Gasteiger partial charge >= 0.3 is 0 Å². The Bertz CT molecular complexity index is 1590. The molecular weight excluding hydrogens is 693 g/mol. The molecule has 310 valence electrons. The summed E-state index contributed by atoms with van der Waals surface area (Å²) >= 11 is 0. The maximum absolute atomic E-state index is 5.51. The lowest BCUT2D eigenvalue weighted by Crippen LogP contribution is -2.15. The van der Waals surface area contributed by atoms with Crippen LogP contribution in [0.15, 0.2) is 85.2 Å². The number of pyridine rings is 2. The third-order valence-electron chi connectivity index (χ3n) is 13.2. The van der Waals surface area contributed by atoms with E-state index in [1.165, 1.54) is 170 Å². The van der Waals surface area contributed by atoms with E-state index in [0.29, 0.717) is 6.61 Å². The van der Waals surface area contributed by atoms with Gasteiger partial charge in [0.2, 0.25) is 0 Å². The number of hydrogen-bond acceptors (Lipinski definition) is 3. The smallest absolute Gasteiger partial charge is 0.119 e. The molecule has 0 bridgehead atoms. The molecule has 2 aliphatic carbocycles. The van der Waals surface area contributed by atoms with E-state index in [0.717, 1.165) is 46.4 Å². The number of nitrogens with zero attached hydrogens (tertiary/aromatic N) is 2. The Morgan fingerprint density at radius 1 is 0.421 bits per heavy atom. The molecule has 2 aromatic carbocycles. The Balaban J connectivity index is 0.000000221. The van der Waals surface area contributed by atoms with Crippen molar-refractivity contribution >= 4 is 0 Å². The molecule has 0 N–H and O–H groups in total. The fourth-order valence-corrected chi connectivity index (χ4v) is 9.50. The van der Waals surface area contributed by atoms with Crippen LogP contribution in [0.1, 0.15) is 173 Å². The molecule has 0 unspecified atom stereocenters. The average Bonchev–Trinajstić information content (AvgIpc) is 3.26. The summed E-state index contributed by atoms with van der Waals surface area (Å²) in [6, 6.07) is 26.2. The van der Waals surface area contributed by atoms with Gasteiger partial charge in [0.25, 0.3) is 0 Å². The molecule has 0 amide bonds. The lowest BCUT2D eigenvalue weighted by molar-refractivity contribution is 0.252. The largest absolute Gasteiger partial charge is 0.494 e. The number of unbranched alkanes of at least 4 members (excludes halogenated alkanes) is 5. The van der Waals surface area contributed by atoms with E-state index in [4.69, 9.17) is 9.72 Å². The summed E-state index contributed by atoms with van der Waals surface area (Å²) in [6.45, 7) is 9.63. The van der Waals surface area contributed by atoms with E-state index in [2.05, 4.69) is 98.8 Å². The molecule has 0 spiro atoms. The van der Waals surface area contributed by atoms with Crippen molar-refractivity contribution in [1.82, 2.24) is 9.97 Å². The summed E-state index contributed by atoms with van der Waals surface area (Å²) in [5.41, 5.74) is 8.77. The Morgan fingerprint density at radius 3 is 1.26 bits per heavy atom. The Morgan fingerprint density at radius 2 is 0.842 bits per heavy atom. The van der Waals surface area contributed by atoms with Crippen LogP contribution in [0.2, 0.25) is 0 Å². The van der Waals surface area contributed by atoms with Crippen LogP contribution in [-0.4, -0.2) is 16.6 Å². The molecule has 4 aromatic rings. The summed E-state index contributed by atoms with van der Waals surface area (Å²) in [4.78, 5) is 9.47. The monoisotopic (exact) mass is 771 g/mol. The van der Waals surface area contributed by atoms with Crippen molar-refractivity contribution in [3.8, 4) is 28.3 Å². The molecule has 2 saturated carbocycles. The third kappa shape index (κ3) is 16.0. The number of aromatic nitrogens is 2. The van der Waals surface area contributed by atoms with Gasteiger partial charge in [0, 0.05) is 23.5 Å². The molecule has 3 nitrogen and oxygen atoms in total. The first-order valence-electron chi connectivity index (χ1n) is 23.8. The summed E-state index contributed by atoms with van der Waals surface area (Å²) in [5, 5.41) is 0. The number of rotatable bonds is 21. The zero-order valence-electron chi connectivity index (χ0n) is 36.7. The predicted molar refractivity (Wildman–Crippen MR) is 245 cm³/mol. The van der Waals surface area contributed by atoms with Gasteiger partial charge < -0.3 is 4.74 Å². The SMILES string of the molecule is CCCC1CCC(CCc2ccc(-c3ccc(OCC)cc3)nc2)CC1.CCCCCCCCc1ccc(-c2ccc(CCC3CCC(CCC)CC3)cn2)cc1. The molecule has 2 fully saturated rings. The summed E-state index contributed by atoms with van der Waals surface area (Å²) in [7, 11) is 0. The molecule has 6 rings (SSSR count). The van der Waals surface area contributed by atoms with Crippen molar-refractivity contribution in [2.24, 2.45) is 23.7 Å². The second-order valence-corrected chi connectivity index (χ2v) is 17.7. The zero-order chi connectivity index (χ0) is 39.9. The van der Waals surface area contributed by atoms with Gasteiger partial charge in [-0.2, -0.15) is 0 Å². The van der Waals surface area contributed by atoms with Crippen molar-refractivity contribution in [2.75, 3.05) is 6.61 Å². The van der Waals surface area contributed by atoms with Crippen LogP contribution in [0.25, 0.3) is 22.5 Å². The van der Waals surface area contributed by atoms with Crippen LogP contribution >= 0.6 is 0 Å². The van der Waals surface area contributed by atoms with Crippen LogP contribution in [0.3, 0.4) is 0 Å². The normalized spacial score (nSPS) is 19.4. The second kappa shape index (κ2) is 25.8. The molecule has 3 heteroatoms. The fraction of sp³-hybridized carbons (Fsp3) is 0.593. The summed E-state index contributed by atoms with van der Waals surface area (Å²) < 4.78 is 5.51. The van der Waals surface area contributed by atoms with E-state index in [1.807, 2.05) is 19.1 Å². The lowest BCUT2D eigenvalue weighted by atomic mass is 9.78. The molecule has 0 saturated heterocycles. The highest BCUT2D eigenvalue weighted by Crippen LogP contribution is 2.35. The van der Waals surface area contributed by atoms with Gasteiger partial charge in [0.15, 0.2) is 0 Å². The zero-order valence-corrected chi connectivity index (χ0v) is 36.7. The van der Waals surface area contributed by atoms with Crippen molar-refractivity contribution in [3.63, 3.8) is 0 Å². The third-order valence-corrected chi connectivity index (χ3v) is 13.2. The molecule has 57 heavy (non-hydrogen) atoms. The van der Waals surface area contributed by atoms with Crippen molar-refractivity contribution in [3.05, 3.63) is 102 Å². The van der Waals surface area contributed by atoms with Crippen LogP contribution in [0.5, 0.6) is 5.75 Å². The van der Waals surface area contributed by atoms with Crippen molar-refractivity contribution in [2.45, 2.75) is 175 Å². The fourth-order valence-electron chi connectivity index (χ4n) is 9.50. The van der Waals surface area contributed by atoms with Crippen LogP contribution in [-0.2, 0) is 19.3 Å². The maximum Gasteiger partial charge on any atom is 0.119 e. The first kappa shape index (κ1) is 44.6. The van der Waals surface area contributed by atoms with E-state index in [1.54, 1.807) is 0 Å². The highest BCUT2D eigenvalue weighted by molar-refractivity contribution is 5.60. The van der Waals surface area contributed by atoms with E-state index < -0.39 is 0 Å². The summed E-state index contributed by atoms with van der Waals surface area (Å²) in [5.74, 6) is 4.80. The molecule has 2 aliphatic rings. The number of aryl methyl sites for hydroxylation is 3. The second-order valence-electron chi connectivity index (χ2n) is 17.7. The van der Waals surface area contributed by atoms with Gasteiger partial charge in [0.1, 0.15) is 5.75 Å². The summed E-state index contributed by atoms with van der Waals surface area (Å²) in [6.07, 6.45) is 35.8. The minimum atomic E-state index is 0.701. The molecule has 0 aliphatic heterocycles. The van der Waals surface area contributed by atoms with Gasteiger partial charge in [-0.05, 0) is 122 Å². The Kier molecular flexibility index (Phi) is 20.2. The first-order chi connectivity index (χ1) is 28.1.